The molecule has 0 spiro atoms. The fourth-order valence-electron chi connectivity index (χ4n) is 6.60. The quantitative estimate of drug-likeness (QED) is 0.193. The Morgan fingerprint density at radius 1 is 0.333 bits per heavy atom. The molecule has 0 aliphatic carbocycles. The highest BCUT2D eigenvalue weighted by Gasteiger charge is 2.20. The maximum atomic E-state index is 3.96. The molecule has 0 radical (unpaired) electrons. The molecule has 0 nitrogen and oxygen atoms in total. The second kappa shape index (κ2) is 9.87. The van der Waals surface area contributed by atoms with Crippen LogP contribution in [0.25, 0.3) is 82.9 Å². The monoisotopic (exact) mass is 532 g/mol. The maximum Gasteiger partial charge on any atom is -0.00139 e. The SMILES string of the molecule is C=Cc1ccc(-c2cc(-c3ccccc3)c3ccc4c(-c5ccccc5)cc(-c5ccccc5)c5ccc2c3c45)cc1. The number of hydrogen-bond acceptors (Lipinski definition) is 0. The summed E-state index contributed by atoms with van der Waals surface area (Å²) in [7, 11) is 0. The average molecular weight is 533 g/mol. The largest absolute Gasteiger partial charge is 0.0985 e. The Hall–Kier alpha value is -5.46. The lowest BCUT2D eigenvalue weighted by Gasteiger charge is -2.21. The Labute approximate surface area is 246 Å². The molecule has 0 fully saturated rings. The predicted molar refractivity (Wildman–Crippen MR) is 182 cm³/mol. The first-order valence-electron chi connectivity index (χ1n) is 14.5. The lowest BCUT2D eigenvalue weighted by atomic mass is 9.82. The Morgan fingerprint density at radius 3 is 0.952 bits per heavy atom. The van der Waals surface area contributed by atoms with E-state index in [1.54, 1.807) is 0 Å². The van der Waals surface area contributed by atoms with Crippen molar-refractivity contribution in [2.75, 3.05) is 0 Å². The van der Waals surface area contributed by atoms with E-state index in [1.165, 1.54) is 76.8 Å². The van der Waals surface area contributed by atoms with Crippen molar-refractivity contribution in [2.45, 2.75) is 0 Å². The van der Waals surface area contributed by atoms with Crippen LogP contribution in [0.15, 0.2) is 158 Å². The predicted octanol–water partition coefficient (Wildman–Crippen LogP) is 11.9. The molecular formula is C42H28. The first-order valence-corrected chi connectivity index (χ1v) is 14.5. The van der Waals surface area contributed by atoms with E-state index < -0.39 is 0 Å². The molecule has 0 unspecified atom stereocenters. The summed E-state index contributed by atoms with van der Waals surface area (Å²) in [4.78, 5) is 0. The smallest absolute Gasteiger partial charge is 0.00139 e. The van der Waals surface area contributed by atoms with Crippen molar-refractivity contribution in [3.8, 4) is 44.5 Å². The van der Waals surface area contributed by atoms with Crippen molar-refractivity contribution in [3.63, 3.8) is 0 Å². The third-order valence-electron chi connectivity index (χ3n) is 8.61. The molecule has 196 valence electrons. The summed E-state index contributed by atoms with van der Waals surface area (Å²) in [5.74, 6) is 0. The molecule has 0 saturated carbocycles. The Balaban J connectivity index is 1.57. The highest BCUT2D eigenvalue weighted by molar-refractivity contribution is 6.31. The molecule has 0 heterocycles. The van der Waals surface area contributed by atoms with Gasteiger partial charge in [0.15, 0.2) is 0 Å². The molecule has 0 aromatic heterocycles. The van der Waals surface area contributed by atoms with Crippen molar-refractivity contribution < 1.29 is 0 Å². The van der Waals surface area contributed by atoms with Crippen molar-refractivity contribution >= 4 is 38.4 Å². The Bertz CT molecular complexity index is 2150. The molecular weight excluding hydrogens is 504 g/mol. The number of rotatable bonds is 5. The van der Waals surface area contributed by atoms with Gasteiger partial charge in [-0.1, -0.05) is 152 Å². The fraction of sp³-hybridized carbons (Fsp3) is 0. The standard InChI is InChI=1S/C42H28/c1-2-28-18-20-32(21-19-28)40-27-39(31-16-10-5-11-17-31)35-23-22-33-37(29-12-6-3-7-13-29)26-38(30-14-8-4-9-15-30)34-24-25-36(40)42(35)41(33)34/h2-27H,1H2. The molecule has 0 bridgehead atoms. The molecule has 0 heteroatoms. The average Bonchev–Trinajstić information content (AvgIpc) is 3.08. The van der Waals surface area contributed by atoms with Crippen molar-refractivity contribution in [1.29, 1.82) is 0 Å². The van der Waals surface area contributed by atoms with E-state index in [0.717, 1.165) is 5.56 Å². The van der Waals surface area contributed by atoms with Gasteiger partial charge in [-0.05, 0) is 94.5 Å². The normalized spacial score (nSPS) is 11.4. The molecule has 0 atom stereocenters. The lowest BCUT2D eigenvalue weighted by Crippen LogP contribution is -1.94. The van der Waals surface area contributed by atoms with Gasteiger partial charge in [-0.2, -0.15) is 0 Å². The first-order chi connectivity index (χ1) is 20.8. The first kappa shape index (κ1) is 24.3. The minimum atomic E-state index is 1.12. The van der Waals surface area contributed by atoms with Gasteiger partial charge in [0.2, 0.25) is 0 Å². The second-order valence-electron chi connectivity index (χ2n) is 10.9. The summed E-state index contributed by atoms with van der Waals surface area (Å²) in [5.41, 5.74) is 11.1. The van der Waals surface area contributed by atoms with Gasteiger partial charge in [0.25, 0.3) is 0 Å². The van der Waals surface area contributed by atoms with E-state index in [-0.39, 0.29) is 0 Å². The van der Waals surface area contributed by atoms with Gasteiger partial charge >= 0.3 is 0 Å². The maximum absolute atomic E-state index is 3.96. The van der Waals surface area contributed by atoms with Crippen LogP contribution in [0.1, 0.15) is 5.56 Å². The number of benzene rings is 8. The zero-order valence-electron chi connectivity index (χ0n) is 23.2. The zero-order chi connectivity index (χ0) is 28.0. The van der Waals surface area contributed by atoms with Crippen LogP contribution in [0.3, 0.4) is 0 Å². The highest BCUT2D eigenvalue weighted by atomic mass is 14.2. The minimum absolute atomic E-state index is 1.12. The van der Waals surface area contributed by atoms with E-state index in [9.17, 15) is 0 Å². The minimum Gasteiger partial charge on any atom is -0.0985 e. The summed E-state index contributed by atoms with van der Waals surface area (Å²) in [6.07, 6.45) is 1.90. The van der Waals surface area contributed by atoms with Crippen LogP contribution >= 0.6 is 0 Å². The molecule has 0 aliphatic rings. The molecule has 0 saturated heterocycles. The van der Waals surface area contributed by atoms with Crippen LogP contribution in [0.4, 0.5) is 0 Å². The Kier molecular flexibility index (Phi) is 5.72. The van der Waals surface area contributed by atoms with Crippen LogP contribution in [-0.2, 0) is 0 Å². The van der Waals surface area contributed by atoms with Gasteiger partial charge in [0.1, 0.15) is 0 Å². The van der Waals surface area contributed by atoms with Gasteiger partial charge in [0, 0.05) is 0 Å². The highest BCUT2D eigenvalue weighted by Crippen LogP contribution is 2.48. The van der Waals surface area contributed by atoms with Crippen LogP contribution < -0.4 is 0 Å². The molecule has 0 aliphatic heterocycles. The van der Waals surface area contributed by atoms with E-state index >= 15 is 0 Å². The topological polar surface area (TPSA) is 0 Å². The van der Waals surface area contributed by atoms with Gasteiger partial charge in [-0.25, -0.2) is 0 Å². The molecule has 0 amide bonds. The number of hydrogen-bond donors (Lipinski definition) is 0. The van der Waals surface area contributed by atoms with Crippen LogP contribution in [-0.4, -0.2) is 0 Å². The van der Waals surface area contributed by atoms with Crippen molar-refractivity contribution in [2.24, 2.45) is 0 Å². The lowest BCUT2D eigenvalue weighted by molar-refractivity contribution is 1.61. The zero-order valence-corrected chi connectivity index (χ0v) is 23.2. The molecule has 8 aromatic carbocycles. The third-order valence-corrected chi connectivity index (χ3v) is 8.61. The molecule has 8 aromatic rings. The van der Waals surface area contributed by atoms with Gasteiger partial charge in [-0.15, -0.1) is 0 Å². The third kappa shape index (κ3) is 3.84. The molecule has 8 rings (SSSR count). The van der Waals surface area contributed by atoms with Gasteiger partial charge < -0.3 is 0 Å². The van der Waals surface area contributed by atoms with Crippen LogP contribution in [0, 0.1) is 0 Å². The van der Waals surface area contributed by atoms with E-state index in [1.807, 2.05) is 6.08 Å². The summed E-state index contributed by atoms with van der Waals surface area (Å²) in [6.45, 7) is 3.96. The van der Waals surface area contributed by atoms with Crippen LogP contribution in [0.2, 0.25) is 0 Å². The fourth-order valence-corrected chi connectivity index (χ4v) is 6.60. The van der Waals surface area contributed by atoms with E-state index in [4.69, 9.17) is 0 Å². The summed E-state index contributed by atoms with van der Waals surface area (Å²) < 4.78 is 0. The van der Waals surface area contributed by atoms with Crippen LogP contribution in [0.5, 0.6) is 0 Å². The van der Waals surface area contributed by atoms with E-state index in [2.05, 4.69) is 158 Å². The summed E-state index contributed by atoms with van der Waals surface area (Å²) in [6, 6.07) is 55.3. The molecule has 0 N–H and O–H groups in total. The van der Waals surface area contributed by atoms with E-state index in [0.29, 0.717) is 0 Å². The van der Waals surface area contributed by atoms with Gasteiger partial charge in [-0.3, -0.25) is 0 Å². The second-order valence-corrected chi connectivity index (χ2v) is 10.9. The van der Waals surface area contributed by atoms with Crippen molar-refractivity contribution in [3.05, 3.63) is 164 Å². The molecule has 42 heavy (non-hydrogen) atoms. The Morgan fingerprint density at radius 2 is 0.643 bits per heavy atom. The van der Waals surface area contributed by atoms with Crippen molar-refractivity contribution in [1.82, 2.24) is 0 Å². The summed E-state index contributed by atoms with van der Waals surface area (Å²) >= 11 is 0. The summed E-state index contributed by atoms with van der Waals surface area (Å²) in [5, 5.41) is 7.78. The van der Waals surface area contributed by atoms with Gasteiger partial charge in [0.05, 0.1) is 0 Å².